The van der Waals surface area contributed by atoms with Gasteiger partial charge in [-0.2, -0.15) is 0 Å². The summed E-state index contributed by atoms with van der Waals surface area (Å²) in [6, 6.07) is 17.7. The van der Waals surface area contributed by atoms with E-state index in [2.05, 4.69) is 15.0 Å². The van der Waals surface area contributed by atoms with Crippen LogP contribution < -0.4 is 10.0 Å². The van der Waals surface area contributed by atoms with Crippen LogP contribution in [-0.2, 0) is 16.6 Å². The van der Waals surface area contributed by atoms with Crippen LogP contribution in [-0.4, -0.2) is 19.3 Å². The fraction of sp³-hybridized carbons (Fsp3) is 0.0476. The molecule has 2 aromatic carbocycles. The molecular weight excluding hydrogens is 406 g/mol. The Morgan fingerprint density at radius 3 is 2.38 bits per heavy atom. The number of thiophene rings is 1. The lowest BCUT2D eigenvalue weighted by molar-refractivity contribution is 0.0952. The number of aromatic nitrogens is 1. The molecule has 0 saturated heterocycles. The summed E-state index contributed by atoms with van der Waals surface area (Å²) in [6.07, 6.45) is 3.30. The van der Waals surface area contributed by atoms with Gasteiger partial charge >= 0.3 is 0 Å². The van der Waals surface area contributed by atoms with Gasteiger partial charge in [0.25, 0.3) is 15.9 Å². The fourth-order valence-corrected chi connectivity index (χ4v) is 4.97. The van der Waals surface area contributed by atoms with Gasteiger partial charge < -0.3 is 5.32 Å². The number of amides is 1. The van der Waals surface area contributed by atoms with Gasteiger partial charge in [-0.25, -0.2) is 8.42 Å². The third kappa shape index (κ3) is 4.28. The minimum Gasteiger partial charge on any atom is -0.348 e. The zero-order chi connectivity index (χ0) is 20.3. The molecule has 0 aliphatic heterocycles. The summed E-state index contributed by atoms with van der Waals surface area (Å²) in [5.41, 5.74) is 1.40. The molecular formula is C21H17N3O3S2. The molecule has 2 heterocycles. The Kier molecular flexibility index (Phi) is 5.28. The van der Waals surface area contributed by atoms with Crippen molar-refractivity contribution >= 4 is 43.7 Å². The monoisotopic (exact) mass is 423 g/mol. The first-order chi connectivity index (χ1) is 14.0. The zero-order valence-corrected chi connectivity index (χ0v) is 16.8. The van der Waals surface area contributed by atoms with Crippen LogP contribution in [0.15, 0.2) is 82.6 Å². The zero-order valence-electron chi connectivity index (χ0n) is 15.2. The number of anilines is 1. The summed E-state index contributed by atoms with van der Waals surface area (Å²) < 4.78 is 28.2. The van der Waals surface area contributed by atoms with Gasteiger partial charge in [0.1, 0.15) is 4.21 Å². The lowest BCUT2D eigenvalue weighted by atomic mass is 10.0. The van der Waals surface area contributed by atoms with E-state index in [1.165, 1.54) is 6.07 Å². The summed E-state index contributed by atoms with van der Waals surface area (Å²) in [5, 5.41) is 6.22. The van der Waals surface area contributed by atoms with Gasteiger partial charge in [-0.3, -0.25) is 14.5 Å². The molecule has 4 rings (SSSR count). The first-order valence-electron chi connectivity index (χ1n) is 8.79. The molecule has 6 nitrogen and oxygen atoms in total. The van der Waals surface area contributed by atoms with Crippen LogP contribution >= 0.6 is 11.3 Å². The maximum Gasteiger partial charge on any atom is 0.271 e. The lowest BCUT2D eigenvalue weighted by Crippen LogP contribution is -2.25. The molecule has 146 valence electrons. The highest BCUT2D eigenvalue weighted by atomic mass is 32.2. The first-order valence-corrected chi connectivity index (χ1v) is 11.2. The highest BCUT2D eigenvalue weighted by Gasteiger charge is 2.20. The Bertz CT molecular complexity index is 1260. The number of hydrogen-bond donors (Lipinski definition) is 2. The Morgan fingerprint density at radius 2 is 1.69 bits per heavy atom. The van der Waals surface area contributed by atoms with E-state index in [9.17, 15) is 13.2 Å². The molecule has 0 spiro atoms. The molecule has 4 aromatic rings. The van der Waals surface area contributed by atoms with Gasteiger partial charge in [0.05, 0.1) is 11.3 Å². The van der Waals surface area contributed by atoms with Crippen molar-refractivity contribution in [2.24, 2.45) is 0 Å². The number of nitrogens with zero attached hydrogens (tertiary/aromatic N) is 1. The minimum atomic E-state index is -3.78. The Morgan fingerprint density at radius 1 is 0.966 bits per heavy atom. The molecule has 2 aromatic heterocycles. The van der Waals surface area contributed by atoms with Gasteiger partial charge in [-0.1, -0.05) is 30.3 Å². The second kappa shape index (κ2) is 8.02. The smallest absolute Gasteiger partial charge is 0.271 e. The van der Waals surface area contributed by atoms with Crippen LogP contribution in [0, 0.1) is 0 Å². The lowest BCUT2D eigenvalue weighted by Gasteiger charge is -2.14. The third-order valence-corrected chi connectivity index (χ3v) is 7.10. The maximum atomic E-state index is 12.9. The van der Waals surface area contributed by atoms with E-state index in [4.69, 9.17) is 0 Å². The van der Waals surface area contributed by atoms with Gasteiger partial charge in [0, 0.05) is 18.9 Å². The van der Waals surface area contributed by atoms with Crippen molar-refractivity contribution in [3.63, 3.8) is 0 Å². The topological polar surface area (TPSA) is 88.2 Å². The van der Waals surface area contributed by atoms with Crippen molar-refractivity contribution in [3.8, 4) is 0 Å². The van der Waals surface area contributed by atoms with Gasteiger partial charge in [-0.05, 0) is 52.0 Å². The summed E-state index contributed by atoms with van der Waals surface area (Å²) in [7, 11) is -3.78. The number of nitrogens with one attached hydrogen (secondary N) is 2. The van der Waals surface area contributed by atoms with Crippen LogP contribution in [0.1, 0.15) is 15.9 Å². The van der Waals surface area contributed by atoms with Crippen molar-refractivity contribution in [2.45, 2.75) is 10.8 Å². The molecule has 1 amide bonds. The fourth-order valence-electron chi connectivity index (χ4n) is 2.90. The summed E-state index contributed by atoms with van der Waals surface area (Å²) in [6.45, 7) is 0.311. The van der Waals surface area contributed by atoms with Crippen LogP contribution in [0.25, 0.3) is 10.8 Å². The predicted molar refractivity (Wildman–Crippen MR) is 114 cm³/mol. The van der Waals surface area contributed by atoms with E-state index in [1.807, 2.05) is 24.3 Å². The van der Waals surface area contributed by atoms with Gasteiger partial charge in [0.15, 0.2) is 0 Å². The van der Waals surface area contributed by atoms with E-state index in [0.29, 0.717) is 6.54 Å². The molecule has 0 bridgehead atoms. The normalized spacial score (nSPS) is 11.3. The molecule has 2 N–H and O–H groups in total. The molecule has 0 aliphatic carbocycles. The Labute approximate surface area is 172 Å². The average Bonchev–Trinajstić information content (AvgIpc) is 3.28. The number of carbonyl (C=O) groups excluding carboxylic acids is 1. The highest BCUT2D eigenvalue weighted by Crippen LogP contribution is 2.27. The molecule has 0 saturated carbocycles. The second-order valence-electron chi connectivity index (χ2n) is 6.32. The van der Waals surface area contributed by atoms with E-state index in [1.54, 1.807) is 48.1 Å². The number of fused-ring (bicyclic) bond motifs is 1. The minimum absolute atomic E-state index is 0.189. The first kappa shape index (κ1) is 19.1. The molecule has 0 radical (unpaired) electrons. The molecule has 29 heavy (non-hydrogen) atoms. The molecule has 0 atom stereocenters. The van der Waals surface area contributed by atoms with Crippen molar-refractivity contribution in [3.05, 3.63) is 89.6 Å². The van der Waals surface area contributed by atoms with Gasteiger partial charge in [-0.15, -0.1) is 11.3 Å². The number of pyridine rings is 1. The molecule has 0 aliphatic rings. The number of carbonyl (C=O) groups is 1. The third-order valence-electron chi connectivity index (χ3n) is 4.34. The van der Waals surface area contributed by atoms with E-state index < -0.39 is 10.0 Å². The average molecular weight is 424 g/mol. The van der Waals surface area contributed by atoms with Gasteiger partial charge in [0.2, 0.25) is 0 Å². The van der Waals surface area contributed by atoms with Crippen molar-refractivity contribution in [2.75, 3.05) is 4.72 Å². The number of benzene rings is 2. The standard InChI is InChI=1S/C21H17N3O3S2/c25-21(23-14-15-7-9-22-10-8-15)18-12-16-4-1-2-5-17(16)13-19(18)24-29(26,27)20-6-3-11-28-20/h1-13,24H,14H2,(H,23,25). The highest BCUT2D eigenvalue weighted by molar-refractivity contribution is 7.94. The largest absolute Gasteiger partial charge is 0.348 e. The number of rotatable bonds is 6. The van der Waals surface area contributed by atoms with Crippen LogP contribution in [0.2, 0.25) is 0 Å². The second-order valence-corrected chi connectivity index (χ2v) is 9.18. The number of sulfonamides is 1. The van der Waals surface area contributed by atoms with Crippen LogP contribution in [0.3, 0.4) is 0 Å². The Balaban J connectivity index is 1.69. The van der Waals surface area contributed by atoms with Crippen molar-refractivity contribution < 1.29 is 13.2 Å². The maximum absolute atomic E-state index is 12.9. The predicted octanol–water partition coefficient (Wildman–Crippen LogP) is 4.03. The van der Waals surface area contributed by atoms with Crippen LogP contribution in [0.5, 0.6) is 0 Å². The summed E-state index contributed by atoms with van der Waals surface area (Å²) in [4.78, 5) is 16.9. The quantitative estimate of drug-likeness (QED) is 0.490. The summed E-state index contributed by atoms with van der Waals surface area (Å²) in [5.74, 6) is -0.364. The molecule has 0 fully saturated rings. The van der Waals surface area contributed by atoms with E-state index in [0.717, 1.165) is 27.7 Å². The van der Waals surface area contributed by atoms with E-state index in [-0.39, 0.29) is 21.4 Å². The number of hydrogen-bond acceptors (Lipinski definition) is 5. The molecule has 0 unspecified atom stereocenters. The SMILES string of the molecule is O=C(NCc1ccncc1)c1cc2ccccc2cc1NS(=O)(=O)c1cccs1. The molecule has 8 heteroatoms. The van der Waals surface area contributed by atoms with Crippen LogP contribution in [0.4, 0.5) is 5.69 Å². The van der Waals surface area contributed by atoms with E-state index >= 15 is 0 Å². The van der Waals surface area contributed by atoms with Crippen molar-refractivity contribution in [1.29, 1.82) is 0 Å². The Hall–Kier alpha value is -3.23. The summed E-state index contributed by atoms with van der Waals surface area (Å²) >= 11 is 1.12. The van der Waals surface area contributed by atoms with Crippen molar-refractivity contribution in [1.82, 2.24) is 10.3 Å².